The Kier molecular flexibility index (Phi) is 4.03. The van der Waals surface area contributed by atoms with Crippen LogP contribution in [0.4, 0.5) is 0 Å². The molecule has 3 nitrogen and oxygen atoms in total. The molecule has 3 rings (SSSR count). The monoisotopic (exact) mass is 374 g/mol. The van der Waals surface area contributed by atoms with Crippen molar-refractivity contribution in [1.29, 1.82) is 0 Å². The van der Waals surface area contributed by atoms with E-state index in [1.807, 2.05) is 12.3 Å². The van der Waals surface area contributed by atoms with Crippen LogP contribution in [0.3, 0.4) is 0 Å². The second kappa shape index (κ2) is 5.57. The van der Waals surface area contributed by atoms with E-state index in [1.54, 1.807) is 0 Å². The molecule has 1 saturated carbocycles. The highest BCUT2D eigenvalue weighted by Gasteiger charge is 2.33. The summed E-state index contributed by atoms with van der Waals surface area (Å²) in [4.78, 5) is 4.51. The number of nitrogens with one attached hydrogen (secondary N) is 1. The fourth-order valence-corrected chi connectivity index (χ4v) is 3.60. The molecule has 0 aromatic carbocycles. The zero-order valence-corrected chi connectivity index (χ0v) is 13.2. The number of rotatable bonds is 4. The third-order valence-corrected chi connectivity index (χ3v) is 4.63. The Morgan fingerprint density at radius 2 is 2.17 bits per heavy atom. The van der Waals surface area contributed by atoms with E-state index in [-0.39, 0.29) is 6.10 Å². The summed E-state index contributed by atoms with van der Waals surface area (Å²) in [6.45, 7) is 1.88. The first-order valence-corrected chi connectivity index (χ1v) is 7.98. The van der Waals surface area contributed by atoms with Gasteiger partial charge < -0.3 is 10.1 Å². The molecule has 1 N–H and O–H groups in total. The van der Waals surface area contributed by atoms with E-state index in [1.165, 1.54) is 12.8 Å². The number of pyridine rings is 1. The number of halogens is 2. The largest absolute Gasteiger partial charge is 0.372 e. The SMILES string of the molecule is Brc1cnc(C2OCCC2CNC2CC2)c(Br)c1. The zero-order chi connectivity index (χ0) is 12.5. The second-order valence-electron chi connectivity index (χ2n) is 5.04. The highest BCUT2D eigenvalue weighted by Crippen LogP contribution is 2.37. The number of nitrogens with zero attached hydrogens (tertiary/aromatic N) is 1. The Bertz CT molecular complexity index is 437. The summed E-state index contributed by atoms with van der Waals surface area (Å²) in [6, 6.07) is 2.79. The molecule has 5 heteroatoms. The quantitative estimate of drug-likeness (QED) is 0.875. The van der Waals surface area contributed by atoms with Crippen LogP contribution >= 0.6 is 31.9 Å². The van der Waals surface area contributed by atoms with Gasteiger partial charge in [0.25, 0.3) is 0 Å². The number of hydrogen-bond acceptors (Lipinski definition) is 3. The minimum absolute atomic E-state index is 0.124. The molecule has 2 unspecified atom stereocenters. The van der Waals surface area contributed by atoms with Gasteiger partial charge in [0.15, 0.2) is 0 Å². The first-order valence-electron chi connectivity index (χ1n) is 6.40. The van der Waals surface area contributed by atoms with Crippen molar-refractivity contribution >= 4 is 31.9 Å². The summed E-state index contributed by atoms with van der Waals surface area (Å²) in [7, 11) is 0. The molecule has 1 aliphatic carbocycles. The summed E-state index contributed by atoms with van der Waals surface area (Å²) in [5, 5.41) is 3.60. The van der Waals surface area contributed by atoms with Gasteiger partial charge in [-0.15, -0.1) is 0 Å². The smallest absolute Gasteiger partial charge is 0.105 e. The van der Waals surface area contributed by atoms with Crippen LogP contribution in [-0.4, -0.2) is 24.2 Å². The third kappa shape index (κ3) is 2.95. The Morgan fingerprint density at radius 3 is 2.89 bits per heavy atom. The van der Waals surface area contributed by atoms with Gasteiger partial charge in [-0.1, -0.05) is 0 Å². The number of ether oxygens (including phenoxy) is 1. The highest BCUT2D eigenvalue weighted by molar-refractivity contribution is 9.11. The van der Waals surface area contributed by atoms with Gasteiger partial charge in [0.2, 0.25) is 0 Å². The molecule has 18 heavy (non-hydrogen) atoms. The Labute approximate surface area is 124 Å². The molecular formula is C13H16Br2N2O. The van der Waals surface area contributed by atoms with E-state index >= 15 is 0 Å². The van der Waals surface area contributed by atoms with Crippen molar-refractivity contribution in [2.24, 2.45) is 5.92 Å². The maximum atomic E-state index is 5.88. The lowest BCUT2D eigenvalue weighted by molar-refractivity contribution is 0.0864. The molecular weight excluding hydrogens is 360 g/mol. The van der Waals surface area contributed by atoms with Gasteiger partial charge in [0.1, 0.15) is 6.10 Å². The van der Waals surface area contributed by atoms with Crippen LogP contribution in [0.5, 0.6) is 0 Å². The first-order chi connectivity index (χ1) is 8.74. The topological polar surface area (TPSA) is 34.1 Å². The fraction of sp³-hybridized carbons (Fsp3) is 0.615. The zero-order valence-electron chi connectivity index (χ0n) is 10.0. The van der Waals surface area contributed by atoms with Crippen LogP contribution in [0.1, 0.15) is 31.1 Å². The van der Waals surface area contributed by atoms with E-state index in [2.05, 4.69) is 42.2 Å². The summed E-state index contributed by atoms with van der Waals surface area (Å²) in [5.41, 5.74) is 1.03. The predicted octanol–water partition coefficient (Wildman–Crippen LogP) is 3.44. The molecule has 1 aromatic rings. The van der Waals surface area contributed by atoms with Crippen molar-refractivity contribution in [2.75, 3.05) is 13.2 Å². The van der Waals surface area contributed by atoms with Gasteiger partial charge in [-0.25, -0.2) is 0 Å². The average Bonchev–Trinajstić information content (AvgIpc) is 3.06. The minimum atomic E-state index is 0.124. The van der Waals surface area contributed by atoms with Crippen molar-refractivity contribution in [3.63, 3.8) is 0 Å². The third-order valence-electron chi connectivity index (χ3n) is 3.57. The van der Waals surface area contributed by atoms with Crippen LogP contribution in [0, 0.1) is 5.92 Å². The van der Waals surface area contributed by atoms with Gasteiger partial charge >= 0.3 is 0 Å². The Hall–Kier alpha value is 0.0300. The maximum Gasteiger partial charge on any atom is 0.105 e. The van der Waals surface area contributed by atoms with Gasteiger partial charge in [-0.05, 0) is 57.2 Å². The van der Waals surface area contributed by atoms with Crippen LogP contribution < -0.4 is 5.32 Å². The molecule has 98 valence electrons. The van der Waals surface area contributed by atoms with Crippen molar-refractivity contribution in [2.45, 2.75) is 31.4 Å². The molecule has 0 amide bonds. The molecule has 2 aliphatic rings. The van der Waals surface area contributed by atoms with Crippen LogP contribution in [0.25, 0.3) is 0 Å². The van der Waals surface area contributed by atoms with Gasteiger partial charge in [-0.3, -0.25) is 4.98 Å². The van der Waals surface area contributed by atoms with Gasteiger partial charge in [0, 0.05) is 40.3 Å². The second-order valence-corrected chi connectivity index (χ2v) is 6.81. The van der Waals surface area contributed by atoms with Crippen molar-refractivity contribution in [1.82, 2.24) is 10.3 Å². The number of hydrogen-bond donors (Lipinski definition) is 1. The lowest BCUT2D eigenvalue weighted by Gasteiger charge is -2.19. The van der Waals surface area contributed by atoms with Crippen LogP contribution in [-0.2, 0) is 4.74 Å². The summed E-state index contributed by atoms with van der Waals surface area (Å²) in [6.07, 6.45) is 5.75. The standard InChI is InChI=1S/C13H16Br2N2O/c14-9-5-11(15)12(17-7-9)13-8(3-4-18-13)6-16-10-1-2-10/h5,7-8,10,13,16H,1-4,6H2. The average molecular weight is 376 g/mol. The van der Waals surface area contributed by atoms with E-state index in [4.69, 9.17) is 4.74 Å². The van der Waals surface area contributed by atoms with Crippen LogP contribution in [0.2, 0.25) is 0 Å². The first kappa shape index (κ1) is 13.0. The van der Waals surface area contributed by atoms with Crippen molar-refractivity contribution in [3.05, 3.63) is 26.9 Å². The molecule has 1 saturated heterocycles. The summed E-state index contributed by atoms with van der Waals surface area (Å²) < 4.78 is 7.89. The molecule has 1 aliphatic heterocycles. The van der Waals surface area contributed by atoms with E-state index in [0.717, 1.165) is 40.3 Å². The van der Waals surface area contributed by atoms with E-state index < -0.39 is 0 Å². The lowest BCUT2D eigenvalue weighted by atomic mass is 9.98. The highest BCUT2D eigenvalue weighted by atomic mass is 79.9. The number of aromatic nitrogens is 1. The summed E-state index contributed by atoms with van der Waals surface area (Å²) in [5.74, 6) is 0.538. The van der Waals surface area contributed by atoms with Crippen molar-refractivity contribution in [3.8, 4) is 0 Å². The van der Waals surface area contributed by atoms with Crippen LogP contribution in [0.15, 0.2) is 21.2 Å². The molecule has 0 radical (unpaired) electrons. The Balaban J connectivity index is 1.72. The molecule has 2 heterocycles. The molecule has 2 atom stereocenters. The van der Waals surface area contributed by atoms with E-state index in [9.17, 15) is 0 Å². The molecule has 1 aromatic heterocycles. The van der Waals surface area contributed by atoms with Crippen molar-refractivity contribution < 1.29 is 4.74 Å². The predicted molar refractivity (Wildman–Crippen MR) is 77.5 cm³/mol. The van der Waals surface area contributed by atoms with Gasteiger partial charge in [0.05, 0.1) is 5.69 Å². The summed E-state index contributed by atoms with van der Waals surface area (Å²) >= 11 is 7.02. The minimum Gasteiger partial charge on any atom is -0.372 e. The molecule has 2 fully saturated rings. The Morgan fingerprint density at radius 1 is 1.33 bits per heavy atom. The lowest BCUT2D eigenvalue weighted by Crippen LogP contribution is -2.27. The maximum absolute atomic E-state index is 5.88. The fourth-order valence-electron chi connectivity index (χ4n) is 2.39. The van der Waals surface area contributed by atoms with E-state index in [0.29, 0.717) is 5.92 Å². The molecule has 0 bridgehead atoms. The van der Waals surface area contributed by atoms with Gasteiger partial charge in [-0.2, -0.15) is 0 Å². The normalized spacial score (nSPS) is 27.7. The molecule has 0 spiro atoms.